The fourth-order valence-electron chi connectivity index (χ4n) is 3.19. The van der Waals surface area contributed by atoms with Crippen LogP contribution < -0.4 is 0 Å². The molecule has 1 fully saturated rings. The van der Waals surface area contributed by atoms with Crippen LogP contribution in [0, 0.1) is 5.92 Å². The van der Waals surface area contributed by atoms with Crippen LogP contribution in [0.4, 0.5) is 13.2 Å². The molecule has 0 saturated heterocycles. The summed E-state index contributed by atoms with van der Waals surface area (Å²) in [6.07, 6.45) is -3.26. The lowest BCUT2D eigenvalue weighted by Gasteiger charge is -2.15. The molecule has 0 aliphatic heterocycles. The molecule has 1 aromatic heterocycles. The first-order valence-corrected chi connectivity index (χ1v) is 7.32. The molecule has 126 valence electrons. The molecule has 1 aliphatic rings. The molecule has 3 rings (SSSR count). The Morgan fingerprint density at radius 1 is 1.17 bits per heavy atom. The van der Waals surface area contributed by atoms with E-state index in [1.54, 1.807) is 30.3 Å². The number of hydrogen-bond acceptors (Lipinski definition) is 2. The molecular formula is C17H14F3NO3. The van der Waals surface area contributed by atoms with Gasteiger partial charge in [0, 0.05) is 12.7 Å². The van der Waals surface area contributed by atoms with Gasteiger partial charge in [-0.25, -0.2) is 0 Å². The van der Waals surface area contributed by atoms with Crippen molar-refractivity contribution < 1.29 is 27.9 Å². The predicted molar refractivity (Wildman–Crippen MR) is 78.7 cm³/mol. The van der Waals surface area contributed by atoms with Gasteiger partial charge in [0.25, 0.3) is 5.78 Å². The van der Waals surface area contributed by atoms with Crippen LogP contribution in [0.5, 0.6) is 0 Å². The van der Waals surface area contributed by atoms with Gasteiger partial charge in [0.1, 0.15) is 0 Å². The van der Waals surface area contributed by atoms with Crippen LogP contribution in [-0.4, -0.2) is 27.6 Å². The van der Waals surface area contributed by atoms with Crippen molar-refractivity contribution in [3.63, 3.8) is 0 Å². The molecule has 7 heteroatoms. The highest BCUT2D eigenvalue weighted by Gasteiger charge is 2.61. The number of carbonyl (C=O) groups is 2. The number of aromatic nitrogens is 1. The number of nitrogens with zero attached hydrogens (tertiary/aromatic N) is 1. The molecule has 0 bridgehead atoms. The first-order valence-electron chi connectivity index (χ1n) is 7.32. The lowest BCUT2D eigenvalue weighted by molar-refractivity contribution is -0.140. The first-order chi connectivity index (χ1) is 11.3. The molecule has 2 atom stereocenters. The van der Waals surface area contributed by atoms with Gasteiger partial charge in [-0.2, -0.15) is 13.2 Å². The van der Waals surface area contributed by atoms with Gasteiger partial charge in [-0.05, 0) is 30.0 Å². The normalized spacial score (nSPS) is 23.0. The number of carbonyl (C=O) groups excluding carboxylic acids is 1. The van der Waals surface area contributed by atoms with Crippen molar-refractivity contribution in [2.75, 3.05) is 0 Å². The maximum Gasteiger partial charge on any atom is 0.456 e. The summed E-state index contributed by atoms with van der Waals surface area (Å²) in [7, 11) is 0. The number of halogens is 3. The summed E-state index contributed by atoms with van der Waals surface area (Å²) in [4.78, 5) is 23.2. The van der Waals surface area contributed by atoms with Gasteiger partial charge < -0.3 is 9.67 Å². The average Bonchev–Trinajstić information content (AvgIpc) is 3.07. The number of carboxylic acids is 1. The lowest BCUT2D eigenvalue weighted by atomic mass is 9.93. The van der Waals surface area contributed by atoms with Crippen LogP contribution in [0.2, 0.25) is 0 Å². The number of aliphatic carboxylic acids is 1. The van der Waals surface area contributed by atoms with E-state index in [0.717, 1.165) is 6.07 Å². The molecule has 24 heavy (non-hydrogen) atoms. The Labute approximate surface area is 135 Å². The zero-order valence-electron chi connectivity index (χ0n) is 12.5. The van der Waals surface area contributed by atoms with Crippen LogP contribution in [0.25, 0.3) is 0 Å². The Bertz CT molecular complexity index is 782. The molecule has 0 spiro atoms. The van der Waals surface area contributed by atoms with Gasteiger partial charge in [0.05, 0.1) is 11.1 Å². The molecule has 4 nitrogen and oxygen atoms in total. The minimum atomic E-state index is -4.96. The minimum Gasteiger partial charge on any atom is -0.481 e. The number of carboxylic acid groups (broad SMARTS) is 1. The zero-order valence-corrected chi connectivity index (χ0v) is 12.5. The number of ketones is 1. The maximum atomic E-state index is 12.6. The first kappa shape index (κ1) is 16.3. The summed E-state index contributed by atoms with van der Waals surface area (Å²) in [6, 6.07) is 11.1. The summed E-state index contributed by atoms with van der Waals surface area (Å²) in [6.45, 7) is 0.0470. The molecule has 0 radical (unpaired) electrons. The van der Waals surface area contributed by atoms with E-state index in [4.69, 9.17) is 0 Å². The standard InChI is InChI=1S/C17H14F3NO3/c18-17(19,20)14(22)13-7-4-8-21(13)10-12-9-16(12,15(23)24)11-5-2-1-3-6-11/h1-8,12H,9-10H2,(H,23,24)/t12-,16+/m0/s1. The van der Waals surface area contributed by atoms with Crippen molar-refractivity contribution >= 4 is 11.8 Å². The van der Waals surface area contributed by atoms with E-state index in [0.29, 0.717) is 12.0 Å². The molecule has 0 unspecified atom stereocenters. The second-order valence-electron chi connectivity index (χ2n) is 5.92. The highest BCUT2D eigenvalue weighted by atomic mass is 19.4. The van der Waals surface area contributed by atoms with Gasteiger partial charge in [-0.1, -0.05) is 30.3 Å². The topological polar surface area (TPSA) is 59.3 Å². The van der Waals surface area contributed by atoms with Crippen molar-refractivity contribution in [3.05, 3.63) is 59.9 Å². The third-order valence-electron chi connectivity index (χ3n) is 4.51. The van der Waals surface area contributed by atoms with Gasteiger partial charge in [0.15, 0.2) is 0 Å². The maximum absolute atomic E-state index is 12.6. The Morgan fingerprint density at radius 2 is 1.83 bits per heavy atom. The summed E-state index contributed by atoms with van der Waals surface area (Å²) < 4.78 is 39.1. The van der Waals surface area contributed by atoms with E-state index < -0.39 is 29.0 Å². The molecule has 0 amide bonds. The number of alkyl halides is 3. The van der Waals surface area contributed by atoms with Crippen LogP contribution in [0.3, 0.4) is 0 Å². The summed E-state index contributed by atoms with van der Waals surface area (Å²) in [5.74, 6) is -3.30. The molecule has 1 saturated carbocycles. The smallest absolute Gasteiger partial charge is 0.456 e. The molecule has 2 aromatic rings. The molecule has 1 N–H and O–H groups in total. The monoisotopic (exact) mass is 337 g/mol. The molecule has 1 heterocycles. The van der Waals surface area contributed by atoms with E-state index in [2.05, 4.69) is 0 Å². The fourth-order valence-corrected chi connectivity index (χ4v) is 3.19. The van der Waals surface area contributed by atoms with Gasteiger partial charge in [-0.15, -0.1) is 0 Å². The minimum absolute atomic E-state index is 0.0470. The van der Waals surface area contributed by atoms with Gasteiger partial charge in [0.2, 0.25) is 0 Å². The number of benzene rings is 1. The second kappa shape index (κ2) is 5.51. The van der Waals surface area contributed by atoms with Crippen molar-refractivity contribution in [3.8, 4) is 0 Å². The van der Waals surface area contributed by atoms with Crippen LogP contribution in [0.15, 0.2) is 48.7 Å². The van der Waals surface area contributed by atoms with E-state index in [9.17, 15) is 27.9 Å². The van der Waals surface area contributed by atoms with Crippen LogP contribution in [0.1, 0.15) is 22.5 Å². The van der Waals surface area contributed by atoms with E-state index >= 15 is 0 Å². The van der Waals surface area contributed by atoms with Crippen molar-refractivity contribution in [1.82, 2.24) is 4.57 Å². The van der Waals surface area contributed by atoms with Crippen LogP contribution in [-0.2, 0) is 16.8 Å². The van der Waals surface area contributed by atoms with Gasteiger partial charge >= 0.3 is 12.1 Å². The SMILES string of the molecule is O=C(c1cccn1C[C@@H]1C[C@@]1(C(=O)O)c1ccccc1)C(F)(F)F. The second-order valence-corrected chi connectivity index (χ2v) is 5.92. The summed E-state index contributed by atoms with van der Waals surface area (Å²) in [5, 5.41) is 9.61. The Kier molecular flexibility index (Phi) is 3.74. The Hall–Kier alpha value is -2.57. The quantitative estimate of drug-likeness (QED) is 0.852. The van der Waals surface area contributed by atoms with E-state index in [1.165, 1.54) is 16.8 Å². The predicted octanol–water partition coefficient (Wildman–Crippen LogP) is 3.28. The zero-order chi connectivity index (χ0) is 17.5. The number of rotatable bonds is 5. The summed E-state index contributed by atoms with van der Waals surface area (Å²) >= 11 is 0. The van der Waals surface area contributed by atoms with Crippen molar-refractivity contribution in [1.29, 1.82) is 0 Å². The molecule has 1 aliphatic carbocycles. The average molecular weight is 337 g/mol. The molecular weight excluding hydrogens is 323 g/mol. The third kappa shape index (κ3) is 2.60. The van der Waals surface area contributed by atoms with Crippen LogP contribution >= 0.6 is 0 Å². The molecule has 1 aromatic carbocycles. The van der Waals surface area contributed by atoms with Crippen molar-refractivity contribution in [2.45, 2.75) is 24.6 Å². The van der Waals surface area contributed by atoms with Crippen molar-refractivity contribution in [2.24, 2.45) is 5.92 Å². The Balaban J connectivity index is 1.86. The van der Waals surface area contributed by atoms with E-state index in [-0.39, 0.29) is 12.5 Å². The number of Topliss-reactive ketones (excluding diaryl/α,β-unsaturated/α-hetero) is 1. The third-order valence-corrected chi connectivity index (χ3v) is 4.51. The largest absolute Gasteiger partial charge is 0.481 e. The summed E-state index contributed by atoms with van der Waals surface area (Å²) in [5.41, 5.74) is -0.954. The highest BCUT2D eigenvalue weighted by molar-refractivity contribution is 5.99. The fraction of sp³-hybridized carbons (Fsp3) is 0.294. The highest BCUT2D eigenvalue weighted by Crippen LogP contribution is 2.55. The Morgan fingerprint density at radius 3 is 2.42 bits per heavy atom. The lowest BCUT2D eigenvalue weighted by Crippen LogP contribution is -2.27. The number of hydrogen-bond donors (Lipinski definition) is 1. The van der Waals surface area contributed by atoms with Gasteiger partial charge in [-0.3, -0.25) is 9.59 Å². The van der Waals surface area contributed by atoms with E-state index in [1.807, 2.05) is 0 Å².